The van der Waals surface area contributed by atoms with Gasteiger partial charge in [0.05, 0.1) is 18.7 Å². The molecule has 9 heteroatoms. The Morgan fingerprint density at radius 3 is 2.45 bits per heavy atom. The molecular formula is C24H22FN3O5. The van der Waals surface area contributed by atoms with Gasteiger partial charge in [-0.1, -0.05) is 31.9 Å². The van der Waals surface area contributed by atoms with Crippen molar-refractivity contribution in [2.75, 3.05) is 11.4 Å². The molecular weight excluding hydrogens is 429 g/mol. The summed E-state index contributed by atoms with van der Waals surface area (Å²) >= 11 is 0. The third-order valence-corrected chi connectivity index (χ3v) is 5.10. The lowest BCUT2D eigenvalue weighted by atomic mass is 9.98. The number of anilines is 1. The molecule has 8 nitrogen and oxygen atoms in total. The summed E-state index contributed by atoms with van der Waals surface area (Å²) in [6, 6.07) is 8.80. The Labute approximate surface area is 188 Å². The molecule has 2 aromatic carbocycles. The number of hydrogen-bond acceptors (Lipinski definition) is 5. The highest BCUT2D eigenvalue weighted by molar-refractivity contribution is 6.08. The van der Waals surface area contributed by atoms with Gasteiger partial charge in [0, 0.05) is 18.0 Å². The van der Waals surface area contributed by atoms with Crippen LogP contribution in [-0.4, -0.2) is 32.2 Å². The average Bonchev–Trinajstić information content (AvgIpc) is 2.77. The Balaban J connectivity index is 1.94. The van der Waals surface area contributed by atoms with Crippen LogP contribution in [0.2, 0.25) is 0 Å². The van der Waals surface area contributed by atoms with Gasteiger partial charge in [-0.3, -0.25) is 19.1 Å². The topological polar surface area (TPSA) is 116 Å². The van der Waals surface area contributed by atoms with Crippen LogP contribution in [-0.2, 0) is 6.54 Å². The van der Waals surface area contributed by atoms with Gasteiger partial charge in [-0.15, -0.1) is 6.42 Å². The van der Waals surface area contributed by atoms with Gasteiger partial charge in [0.15, 0.2) is 0 Å². The van der Waals surface area contributed by atoms with E-state index >= 15 is 0 Å². The van der Waals surface area contributed by atoms with E-state index in [1.54, 1.807) is 24.3 Å². The second kappa shape index (κ2) is 9.44. The molecule has 3 rings (SSSR count). The molecule has 0 atom stereocenters. The fourth-order valence-corrected chi connectivity index (χ4v) is 3.34. The lowest BCUT2D eigenvalue weighted by Crippen LogP contribution is -2.36. The molecule has 1 aromatic heterocycles. The quantitative estimate of drug-likeness (QED) is 0.498. The number of carbonyl (C=O) groups is 1. The number of hydrogen-bond donors (Lipinski definition) is 3. The van der Waals surface area contributed by atoms with Crippen LogP contribution in [0.4, 0.5) is 10.1 Å². The number of nitrogens with zero attached hydrogens (tertiary/aromatic N) is 2. The molecule has 0 spiro atoms. The number of carbonyl (C=O) groups excluding carboxylic acids is 1. The van der Waals surface area contributed by atoms with Crippen LogP contribution in [0, 0.1) is 18.2 Å². The van der Waals surface area contributed by atoms with Crippen molar-refractivity contribution in [3.05, 3.63) is 85.9 Å². The summed E-state index contributed by atoms with van der Waals surface area (Å²) in [5, 5.41) is 20.3. The Morgan fingerprint density at radius 2 is 1.85 bits per heavy atom. The van der Waals surface area contributed by atoms with E-state index in [9.17, 15) is 29.0 Å². The van der Waals surface area contributed by atoms with E-state index in [-0.39, 0.29) is 36.1 Å². The lowest BCUT2D eigenvalue weighted by molar-refractivity contribution is 0.0987. The second-order valence-electron chi connectivity index (χ2n) is 7.68. The maximum absolute atomic E-state index is 13.5. The monoisotopic (exact) mass is 451 g/mol. The molecule has 0 saturated heterocycles. The maximum Gasteiger partial charge on any atom is 0.328 e. The molecule has 0 aliphatic rings. The number of aromatic amines is 1. The summed E-state index contributed by atoms with van der Waals surface area (Å²) in [4.78, 5) is 40.4. The van der Waals surface area contributed by atoms with Gasteiger partial charge < -0.3 is 15.2 Å². The predicted molar refractivity (Wildman–Crippen MR) is 121 cm³/mol. The van der Waals surface area contributed by atoms with E-state index < -0.39 is 23.0 Å². The molecule has 33 heavy (non-hydrogen) atoms. The number of nitrogens with one attached hydrogen (secondary N) is 1. The van der Waals surface area contributed by atoms with Gasteiger partial charge in [-0.05, 0) is 35.2 Å². The van der Waals surface area contributed by atoms with Crippen LogP contribution in [0.1, 0.15) is 41.3 Å². The van der Waals surface area contributed by atoms with E-state index in [1.807, 2.05) is 13.8 Å². The van der Waals surface area contributed by atoms with Crippen LogP contribution in [0.15, 0.2) is 52.2 Å². The first-order valence-electron chi connectivity index (χ1n) is 10.0. The fraction of sp³-hybridized carbons (Fsp3) is 0.208. The highest BCUT2D eigenvalue weighted by Crippen LogP contribution is 2.33. The number of phenolic OH excluding ortho intramolecular Hbond substituents is 2. The number of benzene rings is 2. The Morgan fingerprint density at radius 1 is 1.18 bits per heavy atom. The molecule has 0 aliphatic carbocycles. The minimum Gasteiger partial charge on any atom is -0.508 e. The van der Waals surface area contributed by atoms with E-state index in [0.717, 1.165) is 10.6 Å². The maximum atomic E-state index is 13.5. The highest BCUT2D eigenvalue weighted by Gasteiger charge is 2.23. The SMILES string of the molecule is C#CCN(C(=O)c1cc(C(C)C)c(O)cc1O)c1ccc(Cn2c(=O)[nH]cc(F)c2=O)cc1. The van der Waals surface area contributed by atoms with Crippen molar-refractivity contribution in [3.63, 3.8) is 0 Å². The van der Waals surface area contributed by atoms with Crippen molar-refractivity contribution < 1.29 is 19.4 Å². The third kappa shape index (κ3) is 4.80. The molecule has 0 aliphatic heterocycles. The number of aromatic hydroxyl groups is 2. The summed E-state index contributed by atoms with van der Waals surface area (Å²) in [6.45, 7) is 3.41. The van der Waals surface area contributed by atoms with E-state index in [4.69, 9.17) is 6.42 Å². The minimum atomic E-state index is -1.08. The van der Waals surface area contributed by atoms with E-state index in [2.05, 4.69) is 10.9 Å². The molecule has 0 radical (unpaired) electrons. The van der Waals surface area contributed by atoms with Crippen LogP contribution in [0.25, 0.3) is 0 Å². The summed E-state index contributed by atoms with van der Waals surface area (Å²) in [7, 11) is 0. The average molecular weight is 451 g/mol. The van der Waals surface area contributed by atoms with Crippen molar-refractivity contribution in [3.8, 4) is 23.8 Å². The molecule has 3 aromatic rings. The molecule has 170 valence electrons. The van der Waals surface area contributed by atoms with Crippen molar-refractivity contribution >= 4 is 11.6 Å². The van der Waals surface area contributed by atoms with Crippen molar-refractivity contribution in [2.24, 2.45) is 0 Å². The number of rotatable bonds is 6. The number of aromatic nitrogens is 2. The molecule has 0 bridgehead atoms. The van der Waals surface area contributed by atoms with Crippen LogP contribution in [0.5, 0.6) is 11.5 Å². The largest absolute Gasteiger partial charge is 0.508 e. The molecule has 1 amide bonds. The zero-order chi connectivity index (χ0) is 24.3. The number of phenols is 2. The standard InChI is InChI=1S/C24H22FN3O5/c1-4-9-27(22(31)18-10-17(14(2)3)20(29)11-21(18)30)16-7-5-15(6-8-16)13-28-23(32)19(25)12-26-24(28)33/h1,5-8,10-12,14,29-30H,9,13H2,2-3H3,(H,26,33). The van der Waals surface area contributed by atoms with Gasteiger partial charge in [-0.2, -0.15) is 4.39 Å². The van der Waals surface area contributed by atoms with E-state index in [1.165, 1.54) is 11.0 Å². The van der Waals surface area contributed by atoms with Gasteiger partial charge in [0.25, 0.3) is 11.5 Å². The summed E-state index contributed by atoms with van der Waals surface area (Å²) in [5.41, 5.74) is -0.402. The smallest absolute Gasteiger partial charge is 0.328 e. The van der Waals surface area contributed by atoms with E-state index in [0.29, 0.717) is 23.0 Å². The number of halogens is 1. The normalized spacial score (nSPS) is 10.8. The van der Waals surface area contributed by atoms with Crippen molar-refractivity contribution in [2.45, 2.75) is 26.3 Å². The van der Waals surface area contributed by atoms with Crippen LogP contribution < -0.4 is 16.1 Å². The van der Waals surface area contributed by atoms with Gasteiger partial charge >= 0.3 is 5.69 Å². The third-order valence-electron chi connectivity index (χ3n) is 5.10. The van der Waals surface area contributed by atoms with Crippen molar-refractivity contribution in [1.29, 1.82) is 0 Å². The first-order chi connectivity index (χ1) is 15.6. The van der Waals surface area contributed by atoms with Crippen LogP contribution in [0.3, 0.4) is 0 Å². The summed E-state index contributed by atoms with van der Waals surface area (Å²) in [6.07, 6.45) is 6.15. The zero-order valence-electron chi connectivity index (χ0n) is 18.0. The second-order valence-corrected chi connectivity index (χ2v) is 7.68. The zero-order valence-corrected chi connectivity index (χ0v) is 18.0. The Hall–Kier alpha value is -4.32. The summed E-state index contributed by atoms with van der Waals surface area (Å²) < 4.78 is 14.2. The predicted octanol–water partition coefficient (Wildman–Crippen LogP) is 2.54. The number of terminal acetylenes is 1. The highest BCUT2D eigenvalue weighted by atomic mass is 19.1. The molecule has 3 N–H and O–H groups in total. The number of H-pyrrole nitrogens is 1. The Kier molecular flexibility index (Phi) is 6.68. The number of amides is 1. The lowest BCUT2D eigenvalue weighted by Gasteiger charge is -2.22. The van der Waals surface area contributed by atoms with Gasteiger partial charge in [0.2, 0.25) is 5.82 Å². The van der Waals surface area contributed by atoms with Crippen LogP contribution >= 0.6 is 0 Å². The van der Waals surface area contributed by atoms with Gasteiger partial charge in [0.1, 0.15) is 11.5 Å². The van der Waals surface area contributed by atoms with Crippen molar-refractivity contribution in [1.82, 2.24) is 9.55 Å². The first-order valence-corrected chi connectivity index (χ1v) is 10.0. The fourth-order valence-electron chi connectivity index (χ4n) is 3.34. The molecule has 0 saturated carbocycles. The van der Waals surface area contributed by atoms with Gasteiger partial charge in [-0.25, -0.2) is 4.79 Å². The first kappa shape index (κ1) is 23.3. The molecule has 1 heterocycles. The Bertz CT molecular complexity index is 1350. The summed E-state index contributed by atoms with van der Waals surface area (Å²) in [5.74, 6) is 0.162. The minimum absolute atomic E-state index is 0.0197. The molecule has 0 unspecified atom stereocenters. The molecule has 0 fully saturated rings.